The van der Waals surface area contributed by atoms with E-state index in [0.717, 1.165) is 5.92 Å². The van der Waals surface area contributed by atoms with Crippen molar-refractivity contribution < 1.29 is 33.5 Å². The molecular formula is C10H18ClNO4. The average Bonchev–Trinajstić information content (AvgIpc) is 2.16. The highest BCUT2D eigenvalue weighted by Gasteiger charge is 2.28. The van der Waals surface area contributed by atoms with Crippen LogP contribution in [0.2, 0.25) is 0 Å². The van der Waals surface area contributed by atoms with Crippen LogP contribution >= 0.6 is 0 Å². The van der Waals surface area contributed by atoms with E-state index in [1.165, 1.54) is 45.2 Å². The molecule has 0 N–H and O–H groups in total. The van der Waals surface area contributed by atoms with Crippen molar-refractivity contribution in [3.63, 3.8) is 0 Å². The maximum Gasteiger partial charge on any atom is 0.155 e. The molecule has 2 aliphatic heterocycles. The van der Waals surface area contributed by atoms with Crippen molar-refractivity contribution in [2.45, 2.75) is 39.0 Å². The monoisotopic (exact) mass is 251 g/mol. The molecule has 0 radical (unpaired) electrons. The van der Waals surface area contributed by atoms with Gasteiger partial charge in [0, 0.05) is 25.2 Å². The molecule has 0 saturated heterocycles. The highest BCUT2D eigenvalue weighted by atomic mass is 35.7. The Morgan fingerprint density at radius 2 is 1.62 bits per heavy atom. The van der Waals surface area contributed by atoms with Crippen molar-refractivity contribution in [3.05, 3.63) is 0 Å². The molecule has 2 heterocycles. The molecule has 16 heavy (non-hydrogen) atoms. The van der Waals surface area contributed by atoms with Crippen LogP contribution in [0.4, 0.5) is 0 Å². The lowest BCUT2D eigenvalue weighted by Gasteiger charge is -2.23. The van der Waals surface area contributed by atoms with Crippen molar-refractivity contribution >= 4 is 5.71 Å². The quantitative estimate of drug-likeness (QED) is 0.438. The summed E-state index contributed by atoms with van der Waals surface area (Å²) in [5.74, 6) is 0.893. The third-order valence-corrected chi connectivity index (χ3v) is 3.15. The first kappa shape index (κ1) is 13.9. The van der Waals surface area contributed by atoms with E-state index >= 15 is 0 Å². The van der Waals surface area contributed by atoms with E-state index in [2.05, 4.69) is 11.5 Å². The third-order valence-electron chi connectivity index (χ3n) is 3.15. The van der Waals surface area contributed by atoms with Crippen molar-refractivity contribution in [2.24, 2.45) is 5.92 Å². The van der Waals surface area contributed by atoms with Crippen molar-refractivity contribution in [3.8, 4) is 0 Å². The zero-order valence-electron chi connectivity index (χ0n) is 9.49. The third kappa shape index (κ3) is 5.23. The second-order valence-corrected chi connectivity index (χ2v) is 5.11. The molecule has 2 aliphatic rings. The molecule has 0 aromatic carbocycles. The maximum atomic E-state index is 8.49. The Hall–Kier alpha value is -0.200. The topological polar surface area (TPSA) is 95.2 Å². The Morgan fingerprint density at radius 1 is 1.06 bits per heavy atom. The van der Waals surface area contributed by atoms with Crippen LogP contribution in [0.15, 0.2) is 0 Å². The number of rotatable bonds is 0. The van der Waals surface area contributed by atoms with Gasteiger partial charge in [-0.1, -0.05) is 6.92 Å². The lowest BCUT2D eigenvalue weighted by atomic mass is 9.90. The predicted octanol–water partition coefficient (Wildman–Crippen LogP) is -2.70. The Kier molecular flexibility index (Phi) is 5.14. The molecule has 0 aromatic heterocycles. The van der Waals surface area contributed by atoms with Gasteiger partial charge in [0.05, 0.1) is 0 Å². The number of hydrogen-bond donors (Lipinski definition) is 0. The molecule has 0 aromatic rings. The molecule has 5 nitrogen and oxygen atoms in total. The van der Waals surface area contributed by atoms with Crippen LogP contribution in [-0.2, 0) is 0 Å². The predicted molar refractivity (Wildman–Crippen MR) is 47.3 cm³/mol. The molecule has 2 rings (SSSR count). The number of halogens is 1. The van der Waals surface area contributed by atoms with E-state index in [1.54, 1.807) is 5.71 Å². The Balaban J connectivity index is 0.000000221. The van der Waals surface area contributed by atoms with Gasteiger partial charge < -0.3 is 0 Å². The lowest BCUT2D eigenvalue weighted by molar-refractivity contribution is -2.00. The van der Waals surface area contributed by atoms with Gasteiger partial charge in [-0.2, -0.15) is 0 Å². The van der Waals surface area contributed by atoms with Crippen LogP contribution in [0, 0.1) is 16.2 Å². The van der Waals surface area contributed by atoms with Gasteiger partial charge >= 0.3 is 0 Å². The summed E-state index contributed by atoms with van der Waals surface area (Å²) in [5.41, 5.74) is 1.77. The molecule has 0 saturated carbocycles. The summed E-state index contributed by atoms with van der Waals surface area (Å²) in [6.45, 7) is 5.09. The highest BCUT2D eigenvalue weighted by Crippen LogP contribution is 2.20. The van der Waals surface area contributed by atoms with E-state index in [0.29, 0.717) is 0 Å². The SMILES string of the molecule is CC1CCC[N+]2=C1CCCC2.[O-][Cl+3]([O-])([O-])[O-]. The first-order valence-corrected chi connectivity index (χ1v) is 6.84. The normalized spacial score (nSPS) is 25.7. The summed E-state index contributed by atoms with van der Waals surface area (Å²) in [6, 6.07) is 0. The van der Waals surface area contributed by atoms with Crippen molar-refractivity contribution in [2.75, 3.05) is 13.1 Å². The van der Waals surface area contributed by atoms with Crippen LogP contribution in [0.3, 0.4) is 0 Å². The number of nitrogens with zero attached hydrogens (tertiary/aromatic N) is 1. The summed E-state index contributed by atoms with van der Waals surface area (Å²) < 4.78 is 36.6. The standard InChI is InChI=1S/C10H18N.ClHO4/c1-9-5-4-8-11-7-3-2-6-10(9)11;2-1(3,4)5/h9H,2-8H2,1H3;(H,2,3,4,5)/q+1;/p-1. The van der Waals surface area contributed by atoms with Gasteiger partial charge in [-0.15, -0.1) is 10.2 Å². The zero-order chi connectivity index (χ0) is 12.2. The Labute approximate surface area is 97.8 Å². The molecule has 0 bridgehead atoms. The van der Waals surface area contributed by atoms with Crippen molar-refractivity contribution in [1.29, 1.82) is 0 Å². The summed E-state index contributed by atoms with van der Waals surface area (Å²) in [6.07, 6.45) is 7.12. The van der Waals surface area contributed by atoms with Gasteiger partial charge in [0.25, 0.3) is 0 Å². The fourth-order valence-corrected chi connectivity index (χ4v) is 2.48. The van der Waals surface area contributed by atoms with Gasteiger partial charge in [-0.25, -0.2) is 23.2 Å². The zero-order valence-corrected chi connectivity index (χ0v) is 10.2. The lowest BCUT2D eigenvalue weighted by Crippen LogP contribution is -2.68. The number of hydrogen-bond acceptors (Lipinski definition) is 4. The van der Waals surface area contributed by atoms with Crippen LogP contribution < -0.4 is 18.6 Å². The largest absolute Gasteiger partial charge is 0.237 e. The molecule has 0 aliphatic carbocycles. The molecule has 0 spiro atoms. The van der Waals surface area contributed by atoms with Gasteiger partial charge in [-0.05, 0) is 12.8 Å². The maximum absolute atomic E-state index is 8.49. The van der Waals surface area contributed by atoms with Gasteiger partial charge in [0.15, 0.2) is 5.71 Å². The first-order chi connectivity index (χ1) is 7.38. The van der Waals surface area contributed by atoms with Crippen LogP contribution in [-0.4, -0.2) is 23.4 Å². The van der Waals surface area contributed by atoms with Crippen LogP contribution in [0.5, 0.6) is 0 Å². The Bertz CT molecular complexity index is 252. The highest BCUT2D eigenvalue weighted by molar-refractivity contribution is 5.82. The molecule has 0 fully saturated rings. The van der Waals surface area contributed by atoms with Crippen LogP contribution in [0.25, 0.3) is 0 Å². The fourth-order valence-electron chi connectivity index (χ4n) is 2.48. The second kappa shape index (κ2) is 5.93. The molecule has 0 amide bonds. The summed E-state index contributed by atoms with van der Waals surface area (Å²) in [5, 5.41) is 0. The second-order valence-electron chi connectivity index (χ2n) is 4.36. The first-order valence-electron chi connectivity index (χ1n) is 5.60. The molecular weight excluding hydrogens is 234 g/mol. The van der Waals surface area contributed by atoms with Gasteiger partial charge in [-0.3, -0.25) is 0 Å². The minimum atomic E-state index is -4.94. The molecule has 6 heteroatoms. The van der Waals surface area contributed by atoms with Crippen molar-refractivity contribution in [1.82, 2.24) is 0 Å². The van der Waals surface area contributed by atoms with Gasteiger partial charge in [0.2, 0.25) is 0 Å². The molecule has 1 unspecified atom stereocenters. The minimum Gasteiger partial charge on any atom is -0.237 e. The average molecular weight is 252 g/mol. The molecule has 94 valence electrons. The minimum absolute atomic E-state index is 0.893. The van der Waals surface area contributed by atoms with Gasteiger partial charge in [0.1, 0.15) is 13.1 Å². The van der Waals surface area contributed by atoms with E-state index in [9.17, 15) is 0 Å². The van der Waals surface area contributed by atoms with E-state index < -0.39 is 10.2 Å². The Morgan fingerprint density at radius 3 is 2.19 bits per heavy atom. The smallest absolute Gasteiger partial charge is 0.155 e. The fraction of sp³-hybridized carbons (Fsp3) is 0.900. The molecule has 1 atom stereocenters. The summed E-state index contributed by atoms with van der Waals surface area (Å²) in [4.78, 5) is 0. The van der Waals surface area contributed by atoms with E-state index in [1.807, 2.05) is 0 Å². The summed E-state index contributed by atoms with van der Waals surface area (Å²) >= 11 is 0. The van der Waals surface area contributed by atoms with E-state index in [4.69, 9.17) is 18.6 Å². The van der Waals surface area contributed by atoms with E-state index in [-0.39, 0.29) is 0 Å². The van der Waals surface area contributed by atoms with Crippen LogP contribution in [0.1, 0.15) is 39.0 Å². The summed E-state index contributed by atoms with van der Waals surface area (Å²) in [7, 11) is -4.94.